The molecule has 0 amide bonds. The molecule has 0 radical (unpaired) electrons. The largest absolute Gasteiger partial charge is 0.294 e. The highest BCUT2D eigenvalue weighted by atomic mass is 16.1. The minimum absolute atomic E-state index is 0.0620. The Morgan fingerprint density at radius 2 is 2.25 bits per heavy atom. The average Bonchev–Trinajstić information content (AvgIpc) is 2.63. The molecule has 0 aliphatic heterocycles. The van der Waals surface area contributed by atoms with Crippen molar-refractivity contribution < 1.29 is 4.79 Å². The van der Waals surface area contributed by atoms with Crippen LogP contribution >= 0.6 is 0 Å². The fourth-order valence-electron chi connectivity index (χ4n) is 1.85. The van der Waals surface area contributed by atoms with Crippen molar-refractivity contribution in [1.29, 1.82) is 0 Å². The van der Waals surface area contributed by atoms with Gasteiger partial charge in [-0.15, -0.1) is 0 Å². The zero-order valence-electron chi connectivity index (χ0n) is 9.90. The fourth-order valence-corrected chi connectivity index (χ4v) is 1.85. The second kappa shape index (κ2) is 4.08. The number of aryl methyl sites for hydroxylation is 1. The molecule has 0 aliphatic rings. The number of hydrogen-bond acceptors (Lipinski definition) is 2. The second-order valence-electron chi connectivity index (χ2n) is 4.16. The molecule has 16 heavy (non-hydrogen) atoms. The smallest absolute Gasteiger partial charge is 0.169 e. The maximum absolute atomic E-state index is 12.2. The van der Waals surface area contributed by atoms with Gasteiger partial charge in [0.25, 0.3) is 0 Å². The molecule has 0 aromatic carbocycles. The van der Waals surface area contributed by atoms with Crippen molar-refractivity contribution in [2.45, 2.75) is 27.2 Å². The van der Waals surface area contributed by atoms with Crippen LogP contribution in [0.4, 0.5) is 0 Å². The van der Waals surface area contributed by atoms with Gasteiger partial charge in [0.2, 0.25) is 0 Å². The van der Waals surface area contributed by atoms with Gasteiger partial charge < -0.3 is 0 Å². The van der Waals surface area contributed by atoms with Crippen LogP contribution in [-0.2, 0) is 0 Å². The van der Waals surface area contributed by atoms with Gasteiger partial charge >= 0.3 is 0 Å². The number of Topliss-reactive ketones (excluding diaryl/α,β-unsaturated/α-hetero) is 1. The molecule has 1 atom stereocenters. The van der Waals surface area contributed by atoms with Crippen molar-refractivity contribution in [3.05, 3.63) is 35.7 Å². The lowest BCUT2D eigenvalue weighted by molar-refractivity contribution is 0.0928. The number of rotatable bonds is 3. The maximum atomic E-state index is 12.2. The van der Waals surface area contributed by atoms with Gasteiger partial charge in [-0.3, -0.25) is 4.79 Å². The number of pyridine rings is 1. The van der Waals surface area contributed by atoms with Crippen molar-refractivity contribution >= 4 is 11.3 Å². The summed E-state index contributed by atoms with van der Waals surface area (Å²) in [6.07, 6.45) is 2.73. The van der Waals surface area contributed by atoms with Crippen LogP contribution in [0.25, 0.3) is 5.52 Å². The van der Waals surface area contributed by atoms with E-state index in [0.717, 1.165) is 23.2 Å². The van der Waals surface area contributed by atoms with E-state index >= 15 is 0 Å². The lowest BCUT2D eigenvalue weighted by Gasteiger charge is -2.06. The Morgan fingerprint density at radius 3 is 2.94 bits per heavy atom. The van der Waals surface area contributed by atoms with E-state index in [9.17, 15) is 4.79 Å². The summed E-state index contributed by atoms with van der Waals surface area (Å²) < 4.78 is 1.77. The van der Waals surface area contributed by atoms with Crippen molar-refractivity contribution in [1.82, 2.24) is 9.61 Å². The highest BCUT2D eigenvalue weighted by Crippen LogP contribution is 2.20. The summed E-state index contributed by atoms with van der Waals surface area (Å²) in [5.41, 5.74) is 2.50. The van der Waals surface area contributed by atoms with Crippen LogP contribution in [-0.4, -0.2) is 15.4 Å². The Balaban J connectivity index is 2.59. The molecule has 3 nitrogen and oxygen atoms in total. The number of carbonyl (C=O) groups excluding carboxylic acids is 1. The molecule has 0 fully saturated rings. The summed E-state index contributed by atoms with van der Waals surface area (Å²) in [5, 5.41) is 4.35. The normalized spacial score (nSPS) is 12.9. The molecule has 2 heterocycles. The van der Waals surface area contributed by atoms with E-state index in [0.29, 0.717) is 0 Å². The summed E-state index contributed by atoms with van der Waals surface area (Å²) in [4.78, 5) is 12.2. The van der Waals surface area contributed by atoms with Crippen molar-refractivity contribution in [3.8, 4) is 0 Å². The molecule has 0 saturated carbocycles. The Morgan fingerprint density at radius 1 is 1.50 bits per heavy atom. The maximum Gasteiger partial charge on any atom is 0.169 e. The van der Waals surface area contributed by atoms with Crippen LogP contribution in [0.5, 0.6) is 0 Å². The lowest BCUT2D eigenvalue weighted by atomic mass is 9.96. The Kier molecular flexibility index (Phi) is 2.77. The monoisotopic (exact) mass is 216 g/mol. The zero-order chi connectivity index (χ0) is 11.7. The standard InChI is InChI=1S/C13H16N2O/c1-4-9(2)13(16)12-10(3)14-15-8-6-5-7-11(12)15/h5-9H,4H2,1-3H3. The van der Waals surface area contributed by atoms with Gasteiger partial charge in [-0.25, -0.2) is 4.52 Å². The third-order valence-corrected chi connectivity index (χ3v) is 3.02. The first-order valence-corrected chi connectivity index (χ1v) is 5.63. The average molecular weight is 216 g/mol. The zero-order valence-corrected chi connectivity index (χ0v) is 9.90. The SMILES string of the molecule is CCC(C)C(=O)c1c(C)nn2ccccc12. The summed E-state index contributed by atoms with van der Waals surface area (Å²) in [7, 11) is 0. The number of ketones is 1. The predicted molar refractivity (Wildman–Crippen MR) is 63.7 cm³/mol. The van der Waals surface area contributed by atoms with Gasteiger partial charge in [0.15, 0.2) is 5.78 Å². The molecule has 2 aromatic rings. The van der Waals surface area contributed by atoms with Gasteiger partial charge in [0.05, 0.1) is 16.8 Å². The molecular weight excluding hydrogens is 200 g/mol. The Hall–Kier alpha value is -1.64. The molecule has 3 heteroatoms. The highest BCUT2D eigenvalue weighted by molar-refractivity contribution is 6.04. The molecule has 0 spiro atoms. The van der Waals surface area contributed by atoms with Crippen LogP contribution in [0.3, 0.4) is 0 Å². The molecule has 0 bridgehead atoms. The highest BCUT2D eigenvalue weighted by Gasteiger charge is 2.20. The first-order valence-electron chi connectivity index (χ1n) is 5.63. The molecule has 1 unspecified atom stereocenters. The van der Waals surface area contributed by atoms with E-state index in [1.807, 2.05) is 45.2 Å². The molecule has 0 aliphatic carbocycles. The van der Waals surface area contributed by atoms with E-state index in [2.05, 4.69) is 5.10 Å². The van der Waals surface area contributed by atoms with Gasteiger partial charge in [-0.05, 0) is 25.5 Å². The Labute approximate surface area is 95.1 Å². The predicted octanol–water partition coefficient (Wildman–Crippen LogP) is 2.87. The number of hydrogen-bond donors (Lipinski definition) is 0. The molecule has 0 saturated heterocycles. The topological polar surface area (TPSA) is 34.4 Å². The van der Waals surface area contributed by atoms with Gasteiger partial charge in [0, 0.05) is 12.1 Å². The number of aromatic nitrogens is 2. The number of carbonyl (C=O) groups is 1. The van der Waals surface area contributed by atoms with E-state index in [1.165, 1.54) is 0 Å². The minimum Gasteiger partial charge on any atom is -0.294 e. The van der Waals surface area contributed by atoms with E-state index in [4.69, 9.17) is 0 Å². The fraction of sp³-hybridized carbons (Fsp3) is 0.385. The molecule has 2 rings (SSSR count). The van der Waals surface area contributed by atoms with Gasteiger partial charge in [0.1, 0.15) is 0 Å². The molecule has 84 valence electrons. The van der Waals surface area contributed by atoms with E-state index in [-0.39, 0.29) is 11.7 Å². The molecule has 2 aromatic heterocycles. The van der Waals surface area contributed by atoms with Crippen molar-refractivity contribution in [2.75, 3.05) is 0 Å². The summed E-state index contributed by atoms with van der Waals surface area (Å²) in [6.45, 7) is 5.89. The summed E-state index contributed by atoms with van der Waals surface area (Å²) in [5.74, 6) is 0.258. The summed E-state index contributed by atoms with van der Waals surface area (Å²) in [6, 6.07) is 5.79. The van der Waals surface area contributed by atoms with Crippen LogP contribution in [0, 0.1) is 12.8 Å². The van der Waals surface area contributed by atoms with Crippen LogP contribution < -0.4 is 0 Å². The second-order valence-corrected chi connectivity index (χ2v) is 4.16. The quantitative estimate of drug-likeness (QED) is 0.739. The Bertz CT molecular complexity index is 528. The van der Waals surface area contributed by atoms with Crippen LogP contribution in [0.15, 0.2) is 24.4 Å². The van der Waals surface area contributed by atoms with Crippen molar-refractivity contribution in [2.24, 2.45) is 5.92 Å². The first kappa shape index (κ1) is 10.9. The number of nitrogens with zero attached hydrogens (tertiary/aromatic N) is 2. The number of fused-ring (bicyclic) bond motifs is 1. The minimum atomic E-state index is 0.0620. The first-order chi connectivity index (χ1) is 7.65. The van der Waals surface area contributed by atoms with Crippen LogP contribution in [0.2, 0.25) is 0 Å². The lowest BCUT2D eigenvalue weighted by Crippen LogP contribution is -2.11. The molecular formula is C13H16N2O. The van der Waals surface area contributed by atoms with Gasteiger partial charge in [-0.2, -0.15) is 5.10 Å². The third kappa shape index (κ3) is 1.62. The van der Waals surface area contributed by atoms with Crippen LogP contribution in [0.1, 0.15) is 36.3 Å². The summed E-state index contributed by atoms with van der Waals surface area (Å²) >= 11 is 0. The van der Waals surface area contributed by atoms with Crippen molar-refractivity contribution in [3.63, 3.8) is 0 Å². The van der Waals surface area contributed by atoms with E-state index < -0.39 is 0 Å². The van der Waals surface area contributed by atoms with E-state index in [1.54, 1.807) is 4.52 Å². The third-order valence-electron chi connectivity index (χ3n) is 3.02. The van der Waals surface area contributed by atoms with Gasteiger partial charge in [-0.1, -0.05) is 19.9 Å². The molecule has 0 N–H and O–H groups in total.